The Morgan fingerprint density at radius 3 is 2.50 bits per heavy atom. The third-order valence-corrected chi connectivity index (χ3v) is 4.53. The van der Waals surface area contributed by atoms with Crippen molar-refractivity contribution in [3.8, 4) is 23.1 Å². The number of hydrogen-bond acceptors (Lipinski definition) is 5. The lowest BCUT2D eigenvalue weighted by Crippen LogP contribution is -2.36. The summed E-state index contributed by atoms with van der Waals surface area (Å²) in [6.07, 6.45) is 3.34. The van der Waals surface area contributed by atoms with Crippen molar-refractivity contribution in [2.75, 3.05) is 7.05 Å². The molecule has 7 nitrogen and oxygen atoms in total. The molecule has 0 aliphatic carbocycles. The minimum atomic E-state index is -0.311. The van der Waals surface area contributed by atoms with E-state index in [2.05, 4.69) is 25.6 Å². The molecule has 0 atom stereocenters. The second-order valence-corrected chi connectivity index (χ2v) is 6.85. The molecule has 0 spiro atoms. The van der Waals surface area contributed by atoms with Gasteiger partial charge in [-0.1, -0.05) is 24.3 Å². The van der Waals surface area contributed by atoms with Gasteiger partial charge < -0.3 is 19.8 Å². The number of aromatic nitrogens is 2. The number of aliphatic imine (C=N–C) groups is 1. The number of nitrogens with one attached hydrogen (secondary N) is 2. The Hall–Kier alpha value is -4.20. The van der Waals surface area contributed by atoms with Gasteiger partial charge in [-0.15, -0.1) is 0 Å². The van der Waals surface area contributed by atoms with Gasteiger partial charge in [-0.25, -0.2) is 14.4 Å². The molecule has 0 saturated carbocycles. The van der Waals surface area contributed by atoms with Crippen LogP contribution in [0.2, 0.25) is 0 Å². The van der Waals surface area contributed by atoms with Crippen LogP contribution in [0.5, 0.6) is 11.6 Å². The Morgan fingerprint density at radius 1 is 1.00 bits per heavy atom. The van der Waals surface area contributed by atoms with Gasteiger partial charge >= 0.3 is 0 Å². The van der Waals surface area contributed by atoms with Gasteiger partial charge in [0.1, 0.15) is 17.8 Å². The maximum absolute atomic E-state index is 13.0. The summed E-state index contributed by atoms with van der Waals surface area (Å²) in [5, 5.41) is 6.44. The predicted octanol–water partition coefficient (Wildman–Crippen LogP) is 4.53. The number of hydrogen-bond donors (Lipinski definition) is 2. The largest absolute Gasteiger partial charge is 0.444 e. The van der Waals surface area contributed by atoms with Gasteiger partial charge in [-0.05, 0) is 42.0 Å². The molecule has 2 aromatic heterocycles. The summed E-state index contributed by atoms with van der Waals surface area (Å²) in [6, 6.07) is 19.2. The van der Waals surface area contributed by atoms with Crippen molar-refractivity contribution in [1.82, 2.24) is 20.6 Å². The number of halogens is 1. The molecule has 2 aromatic carbocycles. The Labute approximate surface area is 185 Å². The van der Waals surface area contributed by atoms with Crippen LogP contribution in [0.3, 0.4) is 0 Å². The van der Waals surface area contributed by atoms with Gasteiger partial charge in [-0.2, -0.15) is 0 Å². The van der Waals surface area contributed by atoms with Crippen LogP contribution in [0.15, 0.2) is 88.6 Å². The van der Waals surface area contributed by atoms with E-state index in [9.17, 15) is 4.39 Å². The average molecular weight is 431 g/mol. The van der Waals surface area contributed by atoms with E-state index >= 15 is 0 Å². The van der Waals surface area contributed by atoms with Crippen molar-refractivity contribution >= 4 is 5.96 Å². The van der Waals surface area contributed by atoms with Crippen molar-refractivity contribution < 1.29 is 13.5 Å². The molecule has 0 aliphatic rings. The van der Waals surface area contributed by atoms with E-state index in [-0.39, 0.29) is 5.82 Å². The van der Waals surface area contributed by atoms with E-state index in [1.807, 2.05) is 36.4 Å². The van der Waals surface area contributed by atoms with Gasteiger partial charge in [0.2, 0.25) is 11.8 Å². The summed E-state index contributed by atoms with van der Waals surface area (Å²) >= 11 is 0. The highest BCUT2D eigenvalue weighted by molar-refractivity contribution is 5.79. The number of rotatable bonds is 7. The second-order valence-electron chi connectivity index (χ2n) is 6.85. The van der Waals surface area contributed by atoms with Crippen LogP contribution >= 0.6 is 0 Å². The van der Waals surface area contributed by atoms with E-state index in [0.29, 0.717) is 36.6 Å². The van der Waals surface area contributed by atoms with Crippen LogP contribution in [-0.2, 0) is 13.1 Å². The molecule has 0 bridgehead atoms. The van der Waals surface area contributed by atoms with Crippen LogP contribution in [0.25, 0.3) is 11.5 Å². The fourth-order valence-corrected chi connectivity index (χ4v) is 2.88. The lowest BCUT2D eigenvalue weighted by molar-refractivity contribution is 0.461. The SMILES string of the molecule is CN=C(NCc1ccc(Oc2ccc(F)cc2)nc1)NCc1coc(-c2ccccc2)n1. The van der Waals surface area contributed by atoms with Gasteiger partial charge in [0, 0.05) is 31.4 Å². The number of nitrogens with zero attached hydrogens (tertiary/aromatic N) is 3. The molecule has 2 heterocycles. The van der Waals surface area contributed by atoms with E-state index < -0.39 is 0 Å². The van der Waals surface area contributed by atoms with E-state index in [1.54, 1.807) is 37.7 Å². The zero-order chi connectivity index (χ0) is 22.2. The maximum atomic E-state index is 13.0. The summed E-state index contributed by atoms with van der Waals surface area (Å²) in [5.74, 6) is 1.86. The summed E-state index contributed by atoms with van der Waals surface area (Å²) in [6.45, 7) is 0.996. The molecule has 4 aromatic rings. The van der Waals surface area contributed by atoms with Crippen LogP contribution in [0.1, 0.15) is 11.3 Å². The fourth-order valence-electron chi connectivity index (χ4n) is 2.88. The number of pyridine rings is 1. The smallest absolute Gasteiger partial charge is 0.226 e. The molecule has 0 aliphatic heterocycles. The molecule has 2 N–H and O–H groups in total. The Bertz CT molecular complexity index is 1160. The standard InChI is InChI=1S/C24H22FN5O2/c1-26-24(29-15-20-16-31-23(30-20)18-5-3-2-4-6-18)28-14-17-7-12-22(27-13-17)32-21-10-8-19(25)9-11-21/h2-13,16H,14-15H2,1H3,(H2,26,28,29). The summed E-state index contributed by atoms with van der Waals surface area (Å²) < 4.78 is 24.1. The molecule has 0 amide bonds. The maximum Gasteiger partial charge on any atom is 0.226 e. The van der Waals surface area contributed by atoms with Crippen molar-refractivity contribution in [2.24, 2.45) is 4.99 Å². The first kappa shape index (κ1) is 21.0. The van der Waals surface area contributed by atoms with E-state index in [1.165, 1.54) is 12.1 Å². The predicted molar refractivity (Wildman–Crippen MR) is 120 cm³/mol. The molecule has 0 unspecified atom stereocenters. The number of benzene rings is 2. The first-order valence-electron chi connectivity index (χ1n) is 10.0. The number of oxazole rings is 1. The second kappa shape index (κ2) is 10.2. The third kappa shape index (κ3) is 5.69. The van der Waals surface area contributed by atoms with Crippen molar-refractivity contribution in [3.63, 3.8) is 0 Å². The lowest BCUT2D eigenvalue weighted by atomic mass is 10.2. The first-order valence-corrected chi connectivity index (χ1v) is 10.0. The van der Waals surface area contributed by atoms with Gasteiger partial charge in [0.25, 0.3) is 0 Å². The lowest BCUT2D eigenvalue weighted by Gasteiger charge is -2.11. The molecule has 0 saturated heterocycles. The third-order valence-electron chi connectivity index (χ3n) is 4.53. The Balaban J connectivity index is 1.26. The normalized spacial score (nSPS) is 11.2. The molecule has 4 rings (SSSR count). The minimum absolute atomic E-state index is 0.311. The fraction of sp³-hybridized carbons (Fsp3) is 0.125. The topological polar surface area (TPSA) is 84.6 Å². The molecule has 32 heavy (non-hydrogen) atoms. The van der Waals surface area contributed by atoms with Crippen LogP contribution in [0, 0.1) is 5.82 Å². The molecule has 0 fully saturated rings. The average Bonchev–Trinajstić information content (AvgIpc) is 3.31. The molecular weight excluding hydrogens is 409 g/mol. The highest BCUT2D eigenvalue weighted by Gasteiger charge is 2.07. The monoisotopic (exact) mass is 431 g/mol. The minimum Gasteiger partial charge on any atom is -0.444 e. The van der Waals surface area contributed by atoms with Gasteiger partial charge in [0.15, 0.2) is 5.96 Å². The highest BCUT2D eigenvalue weighted by atomic mass is 19.1. The number of ether oxygens (including phenoxy) is 1. The molecule has 162 valence electrons. The summed E-state index contributed by atoms with van der Waals surface area (Å²) in [5.41, 5.74) is 2.66. The first-order chi connectivity index (χ1) is 15.7. The van der Waals surface area contributed by atoms with Crippen LogP contribution in [0.4, 0.5) is 4.39 Å². The molecule has 8 heteroatoms. The van der Waals surface area contributed by atoms with Crippen molar-refractivity contribution in [1.29, 1.82) is 0 Å². The summed E-state index contributed by atoms with van der Waals surface area (Å²) in [7, 11) is 1.70. The van der Waals surface area contributed by atoms with Crippen molar-refractivity contribution in [3.05, 3.63) is 96.3 Å². The molecule has 0 radical (unpaired) electrons. The number of guanidine groups is 1. The Morgan fingerprint density at radius 2 is 1.78 bits per heavy atom. The Kier molecular flexibility index (Phi) is 6.72. The van der Waals surface area contributed by atoms with Crippen LogP contribution < -0.4 is 15.4 Å². The zero-order valence-electron chi connectivity index (χ0n) is 17.5. The van der Waals surface area contributed by atoms with Crippen molar-refractivity contribution in [2.45, 2.75) is 13.1 Å². The van der Waals surface area contributed by atoms with E-state index in [0.717, 1.165) is 16.8 Å². The highest BCUT2D eigenvalue weighted by Crippen LogP contribution is 2.20. The van der Waals surface area contributed by atoms with Gasteiger partial charge in [-0.3, -0.25) is 4.99 Å². The summed E-state index contributed by atoms with van der Waals surface area (Å²) in [4.78, 5) is 13.0. The van der Waals surface area contributed by atoms with Gasteiger partial charge in [0.05, 0.1) is 12.2 Å². The van der Waals surface area contributed by atoms with E-state index in [4.69, 9.17) is 9.15 Å². The zero-order valence-corrected chi connectivity index (χ0v) is 17.5. The quantitative estimate of drug-likeness (QED) is 0.330. The molecular formula is C24H22FN5O2. The van der Waals surface area contributed by atoms with Crippen LogP contribution in [-0.4, -0.2) is 23.0 Å².